The summed E-state index contributed by atoms with van der Waals surface area (Å²) in [6, 6.07) is 9.70. The zero-order valence-corrected chi connectivity index (χ0v) is 19.0. The third kappa shape index (κ3) is 4.67. The standard InChI is InChI=1S/C22H22N6O4S/c1-13(2)28-21(31)16-7-5-4-6-15(16)18(26-28)20(30)25-24-19(29)17-9-8-14(32-17)12-33-22-23-10-11-27(22)3/h4-11,13H,12H2,1-3H3,(H,24,29)(H,25,30). The fourth-order valence-electron chi connectivity index (χ4n) is 3.16. The lowest BCUT2D eigenvalue weighted by Crippen LogP contribution is -2.42. The number of benzene rings is 1. The fourth-order valence-corrected chi connectivity index (χ4v) is 3.99. The van der Waals surface area contributed by atoms with Crippen molar-refractivity contribution in [3.63, 3.8) is 0 Å². The Bertz CT molecular complexity index is 1390. The van der Waals surface area contributed by atoms with Crippen molar-refractivity contribution in [3.8, 4) is 0 Å². The average molecular weight is 467 g/mol. The van der Waals surface area contributed by atoms with E-state index < -0.39 is 11.8 Å². The van der Waals surface area contributed by atoms with Gasteiger partial charge in [0.05, 0.1) is 17.2 Å². The lowest BCUT2D eigenvalue weighted by atomic mass is 10.1. The molecule has 0 unspecified atom stereocenters. The average Bonchev–Trinajstić information content (AvgIpc) is 3.45. The van der Waals surface area contributed by atoms with E-state index in [4.69, 9.17) is 4.42 Å². The van der Waals surface area contributed by atoms with Crippen molar-refractivity contribution in [2.24, 2.45) is 7.05 Å². The number of rotatable bonds is 6. The predicted octanol–water partition coefficient (Wildman–Crippen LogP) is 2.67. The second kappa shape index (κ2) is 9.33. The molecule has 0 atom stereocenters. The number of fused-ring (bicyclic) bond motifs is 1. The van der Waals surface area contributed by atoms with E-state index in [1.807, 2.05) is 17.8 Å². The number of carbonyl (C=O) groups is 2. The van der Waals surface area contributed by atoms with E-state index >= 15 is 0 Å². The molecule has 3 aromatic heterocycles. The Morgan fingerprint density at radius 3 is 2.52 bits per heavy atom. The molecule has 0 aliphatic rings. The lowest BCUT2D eigenvalue weighted by molar-refractivity contribution is 0.0827. The highest BCUT2D eigenvalue weighted by atomic mass is 32.2. The summed E-state index contributed by atoms with van der Waals surface area (Å²) in [4.78, 5) is 42.1. The second-order valence-electron chi connectivity index (χ2n) is 7.52. The Kier molecular flexibility index (Phi) is 6.31. The summed E-state index contributed by atoms with van der Waals surface area (Å²) in [5.74, 6) is -0.118. The van der Waals surface area contributed by atoms with Gasteiger partial charge in [-0.15, -0.1) is 0 Å². The topological polar surface area (TPSA) is 124 Å². The molecule has 10 nitrogen and oxygen atoms in total. The third-order valence-electron chi connectivity index (χ3n) is 4.83. The van der Waals surface area contributed by atoms with Gasteiger partial charge in [0.15, 0.2) is 16.6 Å². The van der Waals surface area contributed by atoms with Crippen molar-refractivity contribution < 1.29 is 14.0 Å². The van der Waals surface area contributed by atoms with E-state index in [2.05, 4.69) is 20.9 Å². The molecule has 0 radical (unpaired) electrons. The minimum absolute atomic E-state index is 0.0331. The number of hydrogen-bond donors (Lipinski definition) is 2. The van der Waals surface area contributed by atoms with Crippen molar-refractivity contribution in [3.05, 3.63) is 76.4 Å². The van der Waals surface area contributed by atoms with Gasteiger partial charge in [0.2, 0.25) is 0 Å². The molecular weight excluding hydrogens is 444 g/mol. The summed E-state index contributed by atoms with van der Waals surface area (Å²) in [5, 5.41) is 5.82. The number of thioether (sulfide) groups is 1. The Balaban J connectivity index is 1.45. The van der Waals surface area contributed by atoms with Crippen LogP contribution >= 0.6 is 11.8 Å². The Labute approximate surface area is 193 Å². The number of amides is 2. The maximum Gasteiger partial charge on any atom is 0.305 e. The summed E-state index contributed by atoms with van der Waals surface area (Å²) in [6.07, 6.45) is 3.55. The molecule has 3 heterocycles. The number of hydrazine groups is 1. The largest absolute Gasteiger partial charge is 0.455 e. The van der Waals surface area contributed by atoms with Gasteiger partial charge in [-0.3, -0.25) is 25.2 Å². The van der Waals surface area contributed by atoms with Gasteiger partial charge in [-0.25, -0.2) is 9.67 Å². The van der Waals surface area contributed by atoms with Gasteiger partial charge < -0.3 is 8.98 Å². The Hall–Kier alpha value is -3.86. The Morgan fingerprint density at radius 1 is 1.09 bits per heavy atom. The number of imidazole rings is 1. The third-order valence-corrected chi connectivity index (χ3v) is 5.91. The van der Waals surface area contributed by atoms with Crippen molar-refractivity contribution >= 4 is 34.3 Å². The van der Waals surface area contributed by atoms with E-state index in [9.17, 15) is 14.4 Å². The molecule has 11 heteroatoms. The molecule has 0 fully saturated rings. The minimum Gasteiger partial charge on any atom is -0.455 e. The van der Waals surface area contributed by atoms with Gasteiger partial charge >= 0.3 is 5.91 Å². The maximum absolute atomic E-state index is 12.8. The predicted molar refractivity (Wildman–Crippen MR) is 123 cm³/mol. The highest BCUT2D eigenvalue weighted by Crippen LogP contribution is 2.22. The first-order chi connectivity index (χ1) is 15.8. The van der Waals surface area contributed by atoms with E-state index in [1.165, 1.54) is 22.5 Å². The van der Waals surface area contributed by atoms with Crippen molar-refractivity contribution in [1.82, 2.24) is 30.2 Å². The summed E-state index contributed by atoms with van der Waals surface area (Å²) >= 11 is 1.47. The van der Waals surface area contributed by atoms with Gasteiger partial charge in [-0.1, -0.05) is 30.0 Å². The van der Waals surface area contributed by atoms with E-state index in [0.717, 1.165) is 5.16 Å². The van der Waals surface area contributed by atoms with Crippen LogP contribution in [-0.2, 0) is 12.8 Å². The number of hydrogen-bond acceptors (Lipinski definition) is 7. The van der Waals surface area contributed by atoms with E-state index in [0.29, 0.717) is 22.3 Å². The summed E-state index contributed by atoms with van der Waals surface area (Å²) in [7, 11) is 1.89. The molecule has 33 heavy (non-hydrogen) atoms. The van der Waals surface area contributed by atoms with E-state index in [1.54, 1.807) is 50.4 Å². The summed E-state index contributed by atoms with van der Waals surface area (Å²) in [6.45, 7) is 3.60. The first-order valence-corrected chi connectivity index (χ1v) is 11.1. The van der Waals surface area contributed by atoms with Gasteiger partial charge in [-0.2, -0.15) is 5.10 Å². The van der Waals surface area contributed by atoms with Crippen LogP contribution in [0, 0.1) is 0 Å². The minimum atomic E-state index is -0.647. The molecule has 0 aliphatic carbocycles. The van der Waals surface area contributed by atoms with Crippen LogP contribution in [0.25, 0.3) is 10.8 Å². The van der Waals surface area contributed by atoms with Crippen LogP contribution in [0.4, 0.5) is 0 Å². The summed E-state index contributed by atoms with van der Waals surface area (Å²) in [5.41, 5.74) is 4.43. The molecule has 170 valence electrons. The summed E-state index contributed by atoms with van der Waals surface area (Å²) < 4.78 is 8.71. The van der Waals surface area contributed by atoms with Crippen molar-refractivity contribution in [2.45, 2.75) is 30.8 Å². The molecular formula is C22H22N6O4S. The fraction of sp³-hybridized carbons (Fsp3) is 0.227. The van der Waals surface area contributed by atoms with E-state index in [-0.39, 0.29) is 23.1 Å². The van der Waals surface area contributed by atoms with Gasteiger partial charge in [0, 0.05) is 24.8 Å². The smallest absolute Gasteiger partial charge is 0.305 e. The highest BCUT2D eigenvalue weighted by Gasteiger charge is 2.19. The SMILES string of the molecule is CC(C)n1nc(C(=O)NNC(=O)c2ccc(CSc3nccn3C)o2)c2ccccc2c1=O. The highest BCUT2D eigenvalue weighted by molar-refractivity contribution is 7.98. The van der Waals surface area contributed by atoms with Crippen molar-refractivity contribution in [1.29, 1.82) is 0 Å². The molecule has 0 bridgehead atoms. The number of carbonyl (C=O) groups excluding carboxylic acids is 2. The Morgan fingerprint density at radius 2 is 1.82 bits per heavy atom. The molecule has 2 N–H and O–H groups in total. The van der Waals surface area contributed by atoms with Crippen molar-refractivity contribution in [2.75, 3.05) is 0 Å². The number of nitrogens with zero attached hydrogens (tertiary/aromatic N) is 4. The number of furan rings is 1. The van der Waals surface area contributed by atoms with Crippen LogP contribution in [0.1, 0.15) is 46.7 Å². The van der Waals surface area contributed by atoms with Crippen LogP contribution in [0.5, 0.6) is 0 Å². The zero-order chi connectivity index (χ0) is 23.5. The molecule has 4 aromatic rings. The number of aromatic nitrogens is 4. The molecule has 0 saturated carbocycles. The quantitative estimate of drug-likeness (QED) is 0.331. The van der Waals surface area contributed by atoms with Gasteiger partial charge in [-0.05, 0) is 32.0 Å². The van der Waals surface area contributed by atoms with Gasteiger partial charge in [0.25, 0.3) is 11.5 Å². The lowest BCUT2D eigenvalue weighted by Gasteiger charge is -2.13. The molecule has 1 aromatic carbocycles. The van der Waals surface area contributed by atoms with Crippen LogP contribution in [0.15, 0.2) is 63.2 Å². The first kappa shape index (κ1) is 22.3. The molecule has 2 amide bonds. The molecule has 0 spiro atoms. The maximum atomic E-state index is 12.8. The zero-order valence-electron chi connectivity index (χ0n) is 18.2. The molecule has 4 rings (SSSR count). The van der Waals surface area contributed by atoms with Crippen LogP contribution in [0.2, 0.25) is 0 Å². The van der Waals surface area contributed by atoms with Crippen LogP contribution < -0.4 is 16.4 Å². The monoisotopic (exact) mass is 466 g/mol. The molecule has 0 saturated heterocycles. The first-order valence-electron chi connectivity index (χ1n) is 10.2. The second-order valence-corrected chi connectivity index (χ2v) is 8.46. The van der Waals surface area contributed by atoms with Gasteiger partial charge in [0.1, 0.15) is 5.76 Å². The normalized spacial score (nSPS) is 11.2. The van der Waals surface area contributed by atoms with Crippen LogP contribution in [-0.4, -0.2) is 31.1 Å². The van der Waals surface area contributed by atoms with Crippen LogP contribution in [0.3, 0.4) is 0 Å². The molecule has 0 aliphatic heterocycles. The number of nitrogens with one attached hydrogen (secondary N) is 2. The number of aryl methyl sites for hydroxylation is 1.